The fourth-order valence-electron chi connectivity index (χ4n) is 0.923. The van der Waals surface area contributed by atoms with Crippen LogP contribution in [0.1, 0.15) is 13.8 Å². The van der Waals surface area contributed by atoms with E-state index in [1.807, 2.05) is 20.9 Å². The lowest BCUT2D eigenvalue weighted by molar-refractivity contribution is 0.217. The first-order valence-corrected chi connectivity index (χ1v) is 5.09. The lowest BCUT2D eigenvalue weighted by Crippen LogP contribution is -2.42. The molecule has 0 aliphatic carbocycles. The van der Waals surface area contributed by atoms with Crippen molar-refractivity contribution in [2.75, 3.05) is 13.7 Å². The highest BCUT2D eigenvalue weighted by atomic mass is 35.5. The summed E-state index contributed by atoms with van der Waals surface area (Å²) in [6.07, 6.45) is 0. The van der Waals surface area contributed by atoms with Gasteiger partial charge in [0.15, 0.2) is 0 Å². The van der Waals surface area contributed by atoms with Crippen LogP contribution in [0.5, 0.6) is 5.75 Å². The number of hydrogen-bond acceptors (Lipinski definition) is 2. The van der Waals surface area contributed by atoms with Crippen LogP contribution in [-0.4, -0.2) is 19.2 Å². The molecule has 0 saturated heterocycles. The monoisotopic (exact) mass is 231 g/mol. The van der Waals surface area contributed by atoms with Crippen molar-refractivity contribution >= 4 is 11.6 Å². The number of rotatable bonds is 4. The van der Waals surface area contributed by atoms with Crippen LogP contribution in [0.2, 0.25) is 5.02 Å². The summed E-state index contributed by atoms with van der Waals surface area (Å²) < 4.78 is 18.2. The van der Waals surface area contributed by atoms with Crippen molar-refractivity contribution in [3.8, 4) is 5.75 Å². The maximum Gasteiger partial charge on any atom is 0.138 e. The fourth-order valence-corrected chi connectivity index (χ4v) is 1.14. The molecule has 2 nitrogen and oxygen atoms in total. The Morgan fingerprint density at radius 1 is 1.47 bits per heavy atom. The predicted octanol–water partition coefficient (Wildman–Crippen LogP) is 2.86. The van der Waals surface area contributed by atoms with Crippen LogP contribution in [-0.2, 0) is 0 Å². The molecule has 1 aromatic carbocycles. The Labute approximate surface area is 94.4 Å². The maximum atomic E-state index is 12.7. The van der Waals surface area contributed by atoms with Crippen molar-refractivity contribution in [2.24, 2.45) is 0 Å². The van der Waals surface area contributed by atoms with E-state index in [2.05, 4.69) is 5.32 Å². The second-order valence-electron chi connectivity index (χ2n) is 4.00. The zero-order valence-corrected chi connectivity index (χ0v) is 9.86. The summed E-state index contributed by atoms with van der Waals surface area (Å²) in [5.74, 6) is 0.140. The highest BCUT2D eigenvalue weighted by Crippen LogP contribution is 2.25. The Morgan fingerprint density at radius 2 is 2.13 bits per heavy atom. The molecule has 0 atom stereocenters. The Balaban J connectivity index is 2.66. The first-order chi connectivity index (χ1) is 6.94. The summed E-state index contributed by atoms with van der Waals surface area (Å²) in [5.41, 5.74) is -0.141. The molecular weight excluding hydrogens is 217 g/mol. The van der Waals surface area contributed by atoms with Crippen molar-refractivity contribution < 1.29 is 9.13 Å². The van der Waals surface area contributed by atoms with Gasteiger partial charge in [-0.15, -0.1) is 0 Å². The molecule has 0 amide bonds. The van der Waals surface area contributed by atoms with Gasteiger partial charge in [0, 0.05) is 5.54 Å². The van der Waals surface area contributed by atoms with Gasteiger partial charge < -0.3 is 10.1 Å². The van der Waals surface area contributed by atoms with Crippen LogP contribution in [0.4, 0.5) is 4.39 Å². The van der Waals surface area contributed by atoms with Crippen molar-refractivity contribution in [1.82, 2.24) is 5.32 Å². The summed E-state index contributed by atoms with van der Waals surface area (Å²) in [5, 5.41) is 3.39. The summed E-state index contributed by atoms with van der Waals surface area (Å²) in [6.45, 7) is 4.48. The van der Waals surface area contributed by atoms with E-state index in [1.54, 1.807) is 0 Å². The smallest absolute Gasteiger partial charge is 0.138 e. The maximum absolute atomic E-state index is 12.7. The average molecular weight is 232 g/mol. The van der Waals surface area contributed by atoms with Gasteiger partial charge >= 0.3 is 0 Å². The highest BCUT2D eigenvalue weighted by molar-refractivity contribution is 6.32. The number of benzene rings is 1. The molecule has 84 valence electrons. The third kappa shape index (κ3) is 3.68. The van der Waals surface area contributed by atoms with E-state index in [0.29, 0.717) is 17.4 Å². The molecule has 1 aromatic rings. The Bertz CT molecular complexity index is 341. The van der Waals surface area contributed by atoms with Gasteiger partial charge in [-0.05, 0) is 39.1 Å². The van der Waals surface area contributed by atoms with E-state index < -0.39 is 0 Å². The molecule has 0 radical (unpaired) electrons. The zero-order chi connectivity index (χ0) is 11.5. The second-order valence-corrected chi connectivity index (χ2v) is 4.40. The summed E-state index contributed by atoms with van der Waals surface area (Å²) in [7, 11) is 1.86. The number of ether oxygens (including phenoxy) is 1. The minimum Gasteiger partial charge on any atom is -0.490 e. The number of halogens is 2. The molecule has 4 heteroatoms. The van der Waals surface area contributed by atoms with E-state index in [1.165, 1.54) is 18.2 Å². The third-order valence-electron chi connectivity index (χ3n) is 2.16. The fraction of sp³-hybridized carbons (Fsp3) is 0.455. The lowest BCUT2D eigenvalue weighted by atomic mass is 10.1. The minimum absolute atomic E-state index is 0.141. The summed E-state index contributed by atoms with van der Waals surface area (Å²) in [4.78, 5) is 0. The van der Waals surface area contributed by atoms with Crippen molar-refractivity contribution in [3.05, 3.63) is 29.0 Å². The van der Waals surface area contributed by atoms with Crippen molar-refractivity contribution in [3.63, 3.8) is 0 Å². The SMILES string of the molecule is CNC(C)(C)COc1ccc(F)cc1Cl. The van der Waals surface area contributed by atoms with E-state index in [0.717, 1.165) is 0 Å². The molecule has 15 heavy (non-hydrogen) atoms. The van der Waals surface area contributed by atoms with Gasteiger partial charge in [-0.1, -0.05) is 11.6 Å². The molecular formula is C11H15ClFNO. The molecule has 0 bridgehead atoms. The van der Waals surface area contributed by atoms with Crippen LogP contribution in [0.3, 0.4) is 0 Å². The normalized spacial score (nSPS) is 11.5. The van der Waals surface area contributed by atoms with Crippen LogP contribution in [0.15, 0.2) is 18.2 Å². The number of hydrogen-bond donors (Lipinski definition) is 1. The minimum atomic E-state index is -0.361. The number of nitrogens with one attached hydrogen (secondary N) is 1. The van der Waals surface area contributed by atoms with Gasteiger partial charge in [-0.2, -0.15) is 0 Å². The predicted molar refractivity (Wildman–Crippen MR) is 60.0 cm³/mol. The molecule has 0 fully saturated rings. The Kier molecular flexibility index (Phi) is 3.94. The molecule has 1 N–H and O–H groups in total. The number of likely N-dealkylation sites (N-methyl/N-ethyl adjacent to an activating group) is 1. The molecule has 0 aliphatic heterocycles. The topological polar surface area (TPSA) is 21.3 Å². The quantitative estimate of drug-likeness (QED) is 0.861. The molecule has 0 unspecified atom stereocenters. The van der Waals surface area contributed by atoms with Gasteiger partial charge in [0.1, 0.15) is 18.2 Å². The molecule has 0 spiro atoms. The molecule has 0 aromatic heterocycles. The van der Waals surface area contributed by atoms with Crippen molar-refractivity contribution in [2.45, 2.75) is 19.4 Å². The van der Waals surface area contributed by atoms with E-state index in [-0.39, 0.29) is 11.4 Å². The van der Waals surface area contributed by atoms with Gasteiger partial charge in [-0.25, -0.2) is 4.39 Å². The van der Waals surface area contributed by atoms with Gasteiger partial charge in [0.2, 0.25) is 0 Å². The largest absolute Gasteiger partial charge is 0.490 e. The molecule has 0 aliphatic rings. The van der Waals surface area contributed by atoms with Gasteiger partial charge in [0.25, 0.3) is 0 Å². The molecule has 1 rings (SSSR count). The summed E-state index contributed by atoms with van der Waals surface area (Å²) >= 11 is 5.82. The lowest BCUT2D eigenvalue weighted by Gasteiger charge is -2.24. The van der Waals surface area contributed by atoms with Gasteiger partial charge in [0.05, 0.1) is 5.02 Å². The van der Waals surface area contributed by atoms with Crippen LogP contribution >= 0.6 is 11.6 Å². The van der Waals surface area contributed by atoms with Crippen LogP contribution in [0, 0.1) is 5.82 Å². The zero-order valence-electron chi connectivity index (χ0n) is 9.10. The molecule has 0 saturated carbocycles. The standard InChI is InChI=1S/C11H15ClFNO/c1-11(2,14-3)7-15-10-5-4-8(13)6-9(10)12/h4-6,14H,7H2,1-3H3. The summed E-state index contributed by atoms with van der Waals surface area (Å²) in [6, 6.07) is 4.10. The van der Waals surface area contributed by atoms with Crippen LogP contribution < -0.4 is 10.1 Å². The average Bonchev–Trinajstić information content (AvgIpc) is 2.16. The Morgan fingerprint density at radius 3 is 2.67 bits per heavy atom. The highest BCUT2D eigenvalue weighted by Gasteiger charge is 2.16. The van der Waals surface area contributed by atoms with Gasteiger partial charge in [-0.3, -0.25) is 0 Å². The van der Waals surface area contributed by atoms with Crippen molar-refractivity contribution in [1.29, 1.82) is 0 Å². The third-order valence-corrected chi connectivity index (χ3v) is 2.45. The van der Waals surface area contributed by atoms with E-state index in [9.17, 15) is 4.39 Å². The Hall–Kier alpha value is -0.800. The van der Waals surface area contributed by atoms with E-state index >= 15 is 0 Å². The van der Waals surface area contributed by atoms with E-state index in [4.69, 9.17) is 16.3 Å². The second kappa shape index (κ2) is 4.81. The first kappa shape index (κ1) is 12.3. The first-order valence-electron chi connectivity index (χ1n) is 4.71. The van der Waals surface area contributed by atoms with Crippen LogP contribution in [0.25, 0.3) is 0 Å². The molecule has 0 heterocycles.